The molecule has 8 heteroatoms. The highest BCUT2D eigenvalue weighted by molar-refractivity contribution is 6.02. The number of nitrogens with one attached hydrogen (secondary N) is 1. The molecule has 2 aliphatic rings. The first-order chi connectivity index (χ1) is 17.2. The van der Waals surface area contributed by atoms with Crippen LogP contribution < -0.4 is 9.64 Å². The summed E-state index contributed by atoms with van der Waals surface area (Å²) in [6.45, 7) is 11.5. The van der Waals surface area contributed by atoms with Crippen molar-refractivity contribution in [1.82, 2.24) is 24.7 Å². The monoisotopic (exact) mass is 461 g/mol. The van der Waals surface area contributed by atoms with E-state index in [4.69, 9.17) is 11.3 Å². The minimum absolute atomic E-state index is 0.388. The van der Waals surface area contributed by atoms with Crippen LogP contribution in [0.2, 0.25) is 0 Å². The fourth-order valence-electron chi connectivity index (χ4n) is 5.39. The maximum atomic E-state index is 7.77. The van der Waals surface area contributed by atoms with E-state index in [0.717, 1.165) is 69.9 Å². The molecule has 1 atom stereocenters. The van der Waals surface area contributed by atoms with Gasteiger partial charge in [0.05, 0.1) is 41.2 Å². The molecule has 1 fully saturated rings. The Morgan fingerprint density at radius 3 is 2.97 bits per heavy atom. The second kappa shape index (κ2) is 7.58. The van der Waals surface area contributed by atoms with Crippen LogP contribution in [-0.4, -0.2) is 64.0 Å². The summed E-state index contributed by atoms with van der Waals surface area (Å²) >= 11 is 0. The lowest BCUT2D eigenvalue weighted by atomic mass is 9.99. The van der Waals surface area contributed by atoms with E-state index in [1.54, 1.807) is 0 Å². The van der Waals surface area contributed by atoms with Crippen LogP contribution in [0.25, 0.3) is 43.6 Å². The summed E-state index contributed by atoms with van der Waals surface area (Å²) in [6, 6.07) is 16.6. The number of nitrogens with zero attached hydrogens (tertiary/aromatic N) is 6. The van der Waals surface area contributed by atoms with E-state index in [1.165, 1.54) is 0 Å². The molecule has 7 rings (SSSR count). The van der Waals surface area contributed by atoms with E-state index >= 15 is 0 Å². The van der Waals surface area contributed by atoms with Crippen molar-refractivity contribution < 1.29 is 4.74 Å². The van der Waals surface area contributed by atoms with Gasteiger partial charge in [0, 0.05) is 42.3 Å². The zero-order chi connectivity index (χ0) is 23.5. The van der Waals surface area contributed by atoms with Crippen LogP contribution in [0.15, 0.2) is 60.9 Å². The van der Waals surface area contributed by atoms with Crippen LogP contribution in [-0.2, 0) is 0 Å². The Morgan fingerprint density at radius 2 is 2.06 bits per heavy atom. The molecule has 0 bridgehead atoms. The fourth-order valence-corrected chi connectivity index (χ4v) is 5.39. The first-order valence-electron chi connectivity index (χ1n) is 11.7. The molecule has 1 saturated heterocycles. The maximum Gasteiger partial charge on any atom is 0.197 e. The summed E-state index contributed by atoms with van der Waals surface area (Å²) in [4.78, 5) is 8.63. The third kappa shape index (κ3) is 3.09. The third-order valence-corrected chi connectivity index (χ3v) is 7.18. The fraction of sp³-hybridized carbons (Fsp3) is 0.222. The molecule has 2 aromatic carbocycles. The van der Waals surface area contributed by atoms with Crippen molar-refractivity contribution in [3.8, 4) is 28.1 Å². The van der Waals surface area contributed by atoms with Crippen molar-refractivity contribution in [2.75, 3.05) is 38.2 Å². The first kappa shape index (κ1) is 20.1. The minimum Gasteiger partial charge on any atom is -0.489 e. The lowest BCUT2D eigenvalue weighted by Crippen LogP contribution is -2.56. The predicted octanol–water partition coefficient (Wildman–Crippen LogP) is 4.61. The van der Waals surface area contributed by atoms with Crippen LogP contribution in [0, 0.1) is 6.57 Å². The van der Waals surface area contributed by atoms with Gasteiger partial charge in [-0.2, -0.15) is 10.2 Å². The molecular weight excluding hydrogens is 438 g/mol. The van der Waals surface area contributed by atoms with E-state index < -0.39 is 0 Å². The second-order valence-electron chi connectivity index (χ2n) is 9.29. The van der Waals surface area contributed by atoms with Crippen LogP contribution in [0.4, 0.5) is 11.4 Å². The zero-order valence-electron chi connectivity index (χ0n) is 19.3. The number of rotatable bonds is 2. The Balaban J connectivity index is 1.34. The first-order valence-corrected chi connectivity index (χ1v) is 11.7. The molecule has 3 aromatic heterocycles. The highest BCUT2D eigenvalue weighted by Crippen LogP contribution is 2.42. The number of aromatic nitrogens is 4. The average Bonchev–Trinajstić information content (AvgIpc) is 3.51. The summed E-state index contributed by atoms with van der Waals surface area (Å²) in [6.07, 6.45) is 3.74. The summed E-state index contributed by atoms with van der Waals surface area (Å²) < 4.78 is 8.03. The Bertz CT molecular complexity index is 1640. The van der Waals surface area contributed by atoms with Crippen molar-refractivity contribution in [3.05, 3.63) is 72.3 Å². The number of benzene rings is 2. The van der Waals surface area contributed by atoms with Gasteiger partial charge in [0.25, 0.3) is 0 Å². The number of piperazine rings is 1. The van der Waals surface area contributed by atoms with E-state index in [1.807, 2.05) is 41.2 Å². The van der Waals surface area contributed by atoms with Crippen LogP contribution in [0.3, 0.4) is 0 Å². The molecule has 172 valence electrons. The molecule has 2 aliphatic heterocycles. The normalized spacial score (nSPS) is 17.7. The van der Waals surface area contributed by atoms with Crippen LogP contribution in [0.5, 0.6) is 5.75 Å². The molecule has 5 heterocycles. The second-order valence-corrected chi connectivity index (χ2v) is 9.29. The number of hydrogen-bond donors (Lipinski definition) is 1. The summed E-state index contributed by atoms with van der Waals surface area (Å²) in [5.74, 6) is 0.903. The summed E-state index contributed by atoms with van der Waals surface area (Å²) in [7, 11) is 2.17. The maximum absolute atomic E-state index is 7.77. The number of ether oxygens (including phenoxy) is 1. The minimum atomic E-state index is 0.388. The zero-order valence-corrected chi connectivity index (χ0v) is 19.3. The molecule has 0 amide bonds. The number of likely N-dealkylation sites (N-methyl/N-ethyl adjacent to an activating group) is 1. The summed E-state index contributed by atoms with van der Waals surface area (Å²) in [5, 5.41) is 13.2. The molecular formula is C27H23N7O. The van der Waals surface area contributed by atoms with Crippen molar-refractivity contribution in [2.45, 2.75) is 6.04 Å². The number of pyridine rings is 1. The molecule has 0 spiro atoms. The molecule has 35 heavy (non-hydrogen) atoms. The van der Waals surface area contributed by atoms with Crippen molar-refractivity contribution in [1.29, 1.82) is 0 Å². The smallest absolute Gasteiger partial charge is 0.197 e. The average molecular weight is 462 g/mol. The predicted molar refractivity (Wildman–Crippen MR) is 136 cm³/mol. The van der Waals surface area contributed by atoms with Gasteiger partial charge in [-0.25, -0.2) is 9.36 Å². The molecule has 5 aromatic rings. The Kier molecular flexibility index (Phi) is 4.35. The molecule has 1 N–H and O–H groups in total. The van der Waals surface area contributed by atoms with Crippen molar-refractivity contribution >= 4 is 27.8 Å². The van der Waals surface area contributed by atoms with Gasteiger partial charge in [-0.15, -0.1) is 0 Å². The molecule has 0 radical (unpaired) electrons. The van der Waals surface area contributed by atoms with Gasteiger partial charge in [0.2, 0.25) is 0 Å². The Labute approximate surface area is 202 Å². The number of aromatic amines is 1. The van der Waals surface area contributed by atoms with Gasteiger partial charge < -0.3 is 14.5 Å². The van der Waals surface area contributed by atoms with Gasteiger partial charge in [0.15, 0.2) is 5.69 Å². The SMILES string of the molecule is [C-]#[N+]c1cc2[nH]nc(-c3ccc4c(c3)OCC3CN(C)CCN43)c2cc1-c1cnn2ccccc12. The number of anilines is 1. The summed E-state index contributed by atoms with van der Waals surface area (Å²) in [5.41, 5.74) is 7.15. The topological polar surface area (TPSA) is 66.0 Å². The highest BCUT2D eigenvalue weighted by Gasteiger charge is 2.32. The molecule has 8 nitrogen and oxygen atoms in total. The van der Waals surface area contributed by atoms with Crippen LogP contribution in [0.1, 0.15) is 0 Å². The van der Waals surface area contributed by atoms with E-state index in [9.17, 15) is 0 Å². The highest BCUT2D eigenvalue weighted by atomic mass is 16.5. The van der Waals surface area contributed by atoms with Gasteiger partial charge in [-0.3, -0.25) is 5.10 Å². The number of H-pyrrole nitrogens is 1. The van der Waals surface area contributed by atoms with Gasteiger partial charge in [-0.05, 0) is 42.9 Å². The standard InChI is InChI=1S/C27H23N7O/c1-28-22-13-23-20(12-19(22)21-14-29-34-8-4-3-5-24(21)34)27(31-30-23)17-6-7-25-26(11-17)35-16-18-15-32(2)9-10-33(18)25/h3-8,11-14,18H,9-10,15-16H2,2H3,(H,30,31). The van der Waals surface area contributed by atoms with Crippen LogP contribution >= 0.6 is 0 Å². The molecule has 0 saturated carbocycles. The van der Waals surface area contributed by atoms with E-state index in [2.05, 4.69) is 61.3 Å². The lowest BCUT2D eigenvalue weighted by Gasteiger charge is -2.44. The number of hydrogen-bond acceptors (Lipinski definition) is 5. The quantitative estimate of drug-likeness (QED) is 0.389. The molecule has 1 unspecified atom stereocenters. The Morgan fingerprint density at radius 1 is 1.11 bits per heavy atom. The van der Waals surface area contributed by atoms with Gasteiger partial charge >= 0.3 is 0 Å². The largest absolute Gasteiger partial charge is 0.489 e. The molecule has 0 aliphatic carbocycles. The lowest BCUT2D eigenvalue weighted by molar-refractivity contribution is 0.188. The van der Waals surface area contributed by atoms with Crippen molar-refractivity contribution in [2.24, 2.45) is 0 Å². The van der Waals surface area contributed by atoms with Crippen molar-refractivity contribution in [3.63, 3.8) is 0 Å². The van der Waals surface area contributed by atoms with E-state index in [0.29, 0.717) is 18.3 Å². The van der Waals surface area contributed by atoms with Gasteiger partial charge in [0.1, 0.15) is 12.4 Å². The van der Waals surface area contributed by atoms with E-state index in [-0.39, 0.29) is 0 Å². The Hall–Kier alpha value is -4.35. The van der Waals surface area contributed by atoms with Gasteiger partial charge in [-0.1, -0.05) is 18.2 Å². The third-order valence-electron chi connectivity index (χ3n) is 7.18. The number of fused-ring (bicyclic) bond motifs is 5.